The molecular formula is C35H45FN8O2S. The van der Waals surface area contributed by atoms with Gasteiger partial charge in [0, 0.05) is 55.3 Å². The van der Waals surface area contributed by atoms with Crippen LogP contribution in [0.25, 0.3) is 10.8 Å². The molecule has 10 nitrogen and oxygen atoms in total. The molecule has 1 saturated carbocycles. The number of amides is 1. The van der Waals surface area contributed by atoms with Crippen molar-refractivity contribution in [2.24, 2.45) is 5.92 Å². The molecule has 3 aromatic rings. The summed E-state index contributed by atoms with van der Waals surface area (Å²) in [6.07, 6.45) is 5.68. The minimum atomic E-state index is -1.61. The van der Waals surface area contributed by atoms with Gasteiger partial charge in [-0.05, 0) is 65.5 Å². The molecule has 47 heavy (non-hydrogen) atoms. The molecule has 250 valence electrons. The van der Waals surface area contributed by atoms with Crippen LogP contribution in [0.5, 0.6) is 6.01 Å². The van der Waals surface area contributed by atoms with Gasteiger partial charge in [-0.2, -0.15) is 15.2 Å². The van der Waals surface area contributed by atoms with E-state index in [1.807, 2.05) is 12.4 Å². The molecule has 1 amide bonds. The Kier molecular flexibility index (Phi) is 9.76. The first-order chi connectivity index (χ1) is 22.6. The van der Waals surface area contributed by atoms with Crippen molar-refractivity contribution in [1.29, 1.82) is 5.26 Å². The Balaban J connectivity index is 1.29. The summed E-state index contributed by atoms with van der Waals surface area (Å²) >= 11 is 1.72. The third kappa shape index (κ3) is 7.26. The van der Waals surface area contributed by atoms with E-state index in [9.17, 15) is 14.4 Å². The monoisotopic (exact) mass is 660 g/mol. The van der Waals surface area contributed by atoms with Crippen molar-refractivity contribution in [3.05, 3.63) is 47.4 Å². The Morgan fingerprint density at radius 2 is 2.02 bits per heavy atom. The number of alkyl halides is 1. The molecule has 1 aromatic carbocycles. The van der Waals surface area contributed by atoms with Crippen molar-refractivity contribution >= 4 is 39.9 Å². The number of carbonyl (C=O) groups excluding carboxylic acids is 1. The van der Waals surface area contributed by atoms with E-state index in [0.717, 1.165) is 47.2 Å². The van der Waals surface area contributed by atoms with Crippen LogP contribution in [0.1, 0.15) is 56.9 Å². The van der Waals surface area contributed by atoms with E-state index >= 15 is 0 Å². The number of benzene rings is 1. The third-order valence-corrected chi connectivity index (χ3v) is 11.1. The van der Waals surface area contributed by atoms with E-state index in [1.165, 1.54) is 35.6 Å². The second-order valence-electron chi connectivity index (χ2n) is 13.5. The third-order valence-electron chi connectivity index (χ3n) is 9.82. The molecule has 1 unspecified atom stereocenters. The lowest BCUT2D eigenvalue weighted by Crippen LogP contribution is -2.57. The lowest BCUT2D eigenvalue weighted by atomic mass is 10.0. The lowest BCUT2D eigenvalue weighted by molar-refractivity contribution is -0.138. The first kappa shape index (κ1) is 33.2. The molecule has 4 heterocycles. The summed E-state index contributed by atoms with van der Waals surface area (Å²) in [7, 11) is 2.17. The maximum atomic E-state index is 14.1. The Hall–Kier alpha value is -3.69. The smallest absolute Gasteiger partial charge is 0.319 e. The molecule has 0 spiro atoms. The van der Waals surface area contributed by atoms with E-state index in [1.54, 1.807) is 11.8 Å². The summed E-state index contributed by atoms with van der Waals surface area (Å²) in [6.45, 7) is 11.4. The maximum absolute atomic E-state index is 14.1. The number of hydrogen-bond donors (Lipinski definition) is 0. The van der Waals surface area contributed by atoms with E-state index in [-0.39, 0.29) is 11.3 Å². The summed E-state index contributed by atoms with van der Waals surface area (Å²) in [5.41, 5.74) is 4.21. The Morgan fingerprint density at radius 3 is 2.77 bits per heavy atom. The largest absolute Gasteiger partial charge is 0.452 e. The van der Waals surface area contributed by atoms with Crippen LogP contribution in [0, 0.1) is 24.2 Å². The van der Waals surface area contributed by atoms with Crippen LogP contribution in [0.15, 0.2) is 30.6 Å². The quantitative estimate of drug-likeness (QED) is 0.251. The van der Waals surface area contributed by atoms with Crippen LogP contribution >= 0.6 is 11.8 Å². The molecule has 3 aliphatic rings. The van der Waals surface area contributed by atoms with Crippen LogP contribution in [0.4, 0.5) is 15.9 Å². The summed E-state index contributed by atoms with van der Waals surface area (Å²) in [6, 6.07) is 8.36. The van der Waals surface area contributed by atoms with E-state index in [4.69, 9.17) is 14.7 Å². The second kappa shape index (κ2) is 13.8. The minimum absolute atomic E-state index is 0.114. The number of hydrogen-bond acceptors (Lipinski definition) is 10. The van der Waals surface area contributed by atoms with Gasteiger partial charge >= 0.3 is 6.01 Å². The molecule has 1 aliphatic carbocycles. The van der Waals surface area contributed by atoms with Gasteiger partial charge in [-0.1, -0.05) is 30.0 Å². The molecule has 0 N–H and O–H groups in total. The first-order valence-electron chi connectivity index (χ1n) is 16.6. The highest BCUT2D eigenvalue weighted by Gasteiger charge is 2.36. The van der Waals surface area contributed by atoms with Crippen LogP contribution in [-0.2, 0) is 17.8 Å². The topological polar surface area (TPSA) is 102 Å². The van der Waals surface area contributed by atoms with Crippen LogP contribution in [-0.4, -0.2) is 93.5 Å². The van der Waals surface area contributed by atoms with Crippen LogP contribution < -0.4 is 14.5 Å². The maximum Gasteiger partial charge on any atom is 0.319 e. The van der Waals surface area contributed by atoms with E-state index in [0.29, 0.717) is 44.5 Å². The molecular weight excluding hydrogens is 616 g/mol. The molecule has 12 heteroatoms. The highest BCUT2D eigenvalue weighted by molar-refractivity contribution is 8.00. The fourth-order valence-corrected chi connectivity index (χ4v) is 7.40. The van der Waals surface area contributed by atoms with Gasteiger partial charge in [0.1, 0.15) is 11.8 Å². The van der Waals surface area contributed by atoms with Gasteiger partial charge in [-0.3, -0.25) is 14.7 Å². The van der Waals surface area contributed by atoms with Crippen molar-refractivity contribution in [1.82, 2.24) is 24.8 Å². The first-order valence-corrected chi connectivity index (χ1v) is 17.6. The Bertz CT molecular complexity index is 1650. The Labute approximate surface area is 281 Å². The van der Waals surface area contributed by atoms with Crippen LogP contribution in [0.3, 0.4) is 0 Å². The number of rotatable bonds is 11. The second-order valence-corrected chi connectivity index (χ2v) is 15.1. The number of anilines is 2. The Morgan fingerprint density at radius 1 is 1.21 bits per heavy atom. The molecule has 1 saturated heterocycles. The zero-order valence-electron chi connectivity index (χ0n) is 28.1. The number of carbonyl (C=O) groups is 1. The van der Waals surface area contributed by atoms with Crippen molar-refractivity contribution < 1.29 is 13.9 Å². The predicted octanol–water partition coefficient (Wildman–Crippen LogP) is 5.33. The molecule has 2 aromatic heterocycles. The molecule has 2 fully saturated rings. The number of fused-ring (bicyclic) bond motifs is 2. The van der Waals surface area contributed by atoms with Gasteiger partial charge in [0.15, 0.2) is 6.17 Å². The zero-order chi connectivity index (χ0) is 33.3. The van der Waals surface area contributed by atoms with E-state index < -0.39 is 18.1 Å². The number of thioether (sulfide) groups is 1. The number of nitriles is 1. The average Bonchev–Trinajstić information content (AvgIpc) is 3.88. The SMILES string of the molecule is Cc1cccc2cncc(N3CCc4c(nc(OCSC(C)(C)N(C)CC5CC5)nc4N4CCN(C(=O)C(C)F)[C@@H](CC#N)C4)C3)c12. The van der Waals surface area contributed by atoms with Crippen LogP contribution in [0.2, 0.25) is 0 Å². The highest BCUT2D eigenvalue weighted by atomic mass is 32.2. The van der Waals surface area contributed by atoms with Gasteiger partial charge in [-0.15, -0.1) is 0 Å². The number of pyridine rings is 1. The fraction of sp³-hybridized carbons (Fsp3) is 0.571. The number of piperazine rings is 1. The van der Waals surface area contributed by atoms with Gasteiger partial charge in [-0.25, -0.2) is 4.39 Å². The van der Waals surface area contributed by atoms with Crippen molar-refractivity contribution in [2.75, 3.05) is 55.5 Å². The average molecular weight is 661 g/mol. The van der Waals surface area contributed by atoms with Crippen molar-refractivity contribution in [3.8, 4) is 12.1 Å². The molecule has 0 bridgehead atoms. The number of ether oxygens (including phenoxy) is 1. The predicted molar refractivity (Wildman–Crippen MR) is 184 cm³/mol. The summed E-state index contributed by atoms with van der Waals surface area (Å²) < 4.78 is 20.4. The van der Waals surface area contributed by atoms with Gasteiger partial charge in [0.05, 0.1) is 47.5 Å². The zero-order valence-corrected chi connectivity index (χ0v) is 28.9. The minimum Gasteiger partial charge on any atom is -0.452 e. The van der Waals surface area contributed by atoms with Gasteiger partial charge < -0.3 is 19.4 Å². The summed E-state index contributed by atoms with van der Waals surface area (Å²) in [5, 5.41) is 11.9. The van der Waals surface area contributed by atoms with Crippen molar-refractivity contribution in [3.63, 3.8) is 0 Å². The van der Waals surface area contributed by atoms with Gasteiger partial charge in [0.25, 0.3) is 5.91 Å². The number of nitrogens with zero attached hydrogens (tertiary/aromatic N) is 8. The summed E-state index contributed by atoms with van der Waals surface area (Å²) in [4.78, 5) is 35.4. The molecule has 0 radical (unpaired) electrons. The van der Waals surface area contributed by atoms with E-state index in [2.05, 4.69) is 71.8 Å². The summed E-state index contributed by atoms with van der Waals surface area (Å²) in [5.74, 6) is 1.39. The lowest BCUT2D eigenvalue weighted by Gasteiger charge is -2.42. The highest BCUT2D eigenvalue weighted by Crippen LogP contribution is 2.37. The van der Waals surface area contributed by atoms with Gasteiger partial charge in [0.2, 0.25) is 0 Å². The normalized spacial score (nSPS) is 19.1. The molecule has 6 rings (SSSR count). The van der Waals surface area contributed by atoms with Crippen molar-refractivity contribution in [2.45, 2.75) is 77.0 Å². The standard InChI is InChI=1S/C35H45FN8O2S/c1-23-7-6-8-26-17-38-18-30(31(23)26)42-14-12-28-29(21-42)39-34(46-22-47-35(3,4)41(5)19-25-9-10-25)40-32(28)43-15-16-44(33(45)24(2)36)27(20-43)11-13-37/h6-8,17-18,24-25,27H,9-12,14-16,19-22H2,1-5H3/t24?,27-/m0/s1. The fourth-order valence-electron chi connectivity index (χ4n) is 6.65. The number of aromatic nitrogens is 3. The number of aryl methyl sites for hydroxylation is 1. The molecule has 2 atom stereocenters. The molecule has 2 aliphatic heterocycles. The number of halogens is 1.